The third-order valence-electron chi connectivity index (χ3n) is 3.84. The number of halogens is 1. The minimum Gasteiger partial charge on any atom is -0.466 e. The second-order valence-electron chi connectivity index (χ2n) is 5.86. The zero-order valence-corrected chi connectivity index (χ0v) is 15.7. The number of amides is 1. The molecule has 1 amide bonds. The molecule has 2 aromatic heterocycles. The van der Waals surface area contributed by atoms with E-state index in [1.165, 1.54) is 11.3 Å². The van der Waals surface area contributed by atoms with Gasteiger partial charge in [-0.05, 0) is 37.6 Å². The summed E-state index contributed by atoms with van der Waals surface area (Å²) in [6.07, 6.45) is 1.66. The van der Waals surface area contributed by atoms with Crippen molar-refractivity contribution >= 4 is 34.0 Å². The van der Waals surface area contributed by atoms with Crippen LogP contribution in [-0.4, -0.2) is 10.9 Å². The van der Waals surface area contributed by atoms with Crippen molar-refractivity contribution in [2.75, 3.05) is 5.32 Å². The lowest BCUT2D eigenvalue weighted by Gasteiger charge is -2.02. The van der Waals surface area contributed by atoms with Crippen LogP contribution in [0.1, 0.15) is 34.1 Å². The van der Waals surface area contributed by atoms with Crippen LogP contribution in [0.4, 0.5) is 5.13 Å². The van der Waals surface area contributed by atoms with Crippen molar-refractivity contribution in [2.24, 2.45) is 0 Å². The number of nitrogens with one attached hydrogen (secondary N) is 1. The van der Waals surface area contributed by atoms with Crippen molar-refractivity contribution < 1.29 is 9.21 Å². The van der Waals surface area contributed by atoms with Crippen LogP contribution in [-0.2, 0) is 17.6 Å². The molecule has 6 heteroatoms. The van der Waals surface area contributed by atoms with Crippen molar-refractivity contribution in [1.82, 2.24) is 4.98 Å². The highest BCUT2D eigenvalue weighted by molar-refractivity contribution is 7.15. The van der Waals surface area contributed by atoms with E-state index in [9.17, 15) is 4.79 Å². The Kier molecular flexibility index (Phi) is 5.56. The Morgan fingerprint density at radius 2 is 2.04 bits per heavy atom. The summed E-state index contributed by atoms with van der Waals surface area (Å²) in [6, 6.07) is 11.6. The van der Waals surface area contributed by atoms with E-state index in [2.05, 4.69) is 10.3 Å². The minimum atomic E-state index is -0.0629. The Bertz CT molecular complexity index is 885. The van der Waals surface area contributed by atoms with Gasteiger partial charge in [0.05, 0.1) is 5.69 Å². The summed E-state index contributed by atoms with van der Waals surface area (Å²) < 4.78 is 5.48. The third kappa shape index (κ3) is 4.71. The average Bonchev–Trinajstić information content (AvgIpc) is 3.13. The maximum absolute atomic E-state index is 12.1. The molecule has 130 valence electrons. The number of hydrogen-bond donors (Lipinski definition) is 1. The van der Waals surface area contributed by atoms with Gasteiger partial charge in [0.15, 0.2) is 5.13 Å². The number of aromatic nitrogens is 1. The molecule has 1 N–H and O–H groups in total. The van der Waals surface area contributed by atoms with Gasteiger partial charge in [0, 0.05) is 29.2 Å². The van der Waals surface area contributed by atoms with E-state index in [4.69, 9.17) is 16.0 Å². The van der Waals surface area contributed by atoms with Crippen LogP contribution in [0, 0.1) is 13.8 Å². The lowest BCUT2D eigenvalue weighted by Crippen LogP contribution is -2.11. The van der Waals surface area contributed by atoms with Gasteiger partial charge in [-0.15, -0.1) is 11.3 Å². The Morgan fingerprint density at radius 3 is 2.76 bits per heavy atom. The fourth-order valence-electron chi connectivity index (χ4n) is 2.50. The predicted octanol–water partition coefficient (Wildman–Crippen LogP) is 5.17. The highest BCUT2D eigenvalue weighted by Crippen LogP contribution is 2.27. The second kappa shape index (κ2) is 7.85. The number of nitrogens with zero attached hydrogens (tertiary/aromatic N) is 1. The molecule has 0 saturated heterocycles. The van der Waals surface area contributed by atoms with Crippen LogP contribution < -0.4 is 5.32 Å². The molecular weight excluding hydrogens is 356 g/mol. The van der Waals surface area contributed by atoms with Crippen LogP contribution in [0.3, 0.4) is 0 Å². The fraction of sp³-hybridized carbons (Fsp3) is 0.263. The molecule has 1 aromatic carbocycles. The number of aryl methyl sites for hydroxylation is 3. The van der Waals surface area contributed by atoms with Crippen molar-refractivity contribution in [3.63, 3.8) is 0 Å². The summed E-state index contributed by atoms with van der Waals surface area (Å²) in [5.41, 5.74) is 1.98. The zero-order chi connectivity index (χ0) is 17.8. The van der Waals surface area contributed by atoms with Crippen LogP contribution in [0.15, 0.2) is 40.8 Å². The number of hydrogen-bond acceptors (Lipinski definition) is 4. The molecule has 3 aromatic rings. The highest BCUT2D eigenvalue weighted by Gasteiger charge is 2.12. The van der Waals surface area contributed by atoms with Crippen LogP contribution >= 0.6 is 22.9 Å². The molecule has 0 aliphatic heterocycles. The minimum absolute atomic E-state index is 0.0629. The molecular formula is C19H19ClN2O2S. The van der Waals surface area contributed by atoms with E-state index in [-0.39, 0.29) is 5.91 Å². The van der Waals surface area contributed by atoms with E-state index in [1.807, 2.05) is 50.2 Å². The lowest BCUT2D eigenvalue weighted by molar-refractivity contribution is -0.116. The summed E-state index contributed by atoms with van der Waals surface area (Å²) >= 11 is 7.72. The van der Waals surface area contributed by atoms with Crippen molar-refractivity contribution in [3.8, 4) is 0 Å². The molecule has 0 spiro atoms. The van der Waals surface area contributed by atoms with Crippen molar-refractivity contribution in [2.45, 2.75) is 33.1 Å². The first kappa shape index (κ1) is 17.7. The van der Waals surface area contributed by atoms with Gasteiger partial charge < -0.3 is 9.73 Å². The number of anilines is 1. The maximum atomic E-state index is 12.1. The molecule has 2 heterocycles. The van der Waals surface area contributed by atoms with Gasteiger partial charge in [-0.25, -0.2) is 4.98 Å². The predicted molar refractivity (Wildman–Crippen MR) is 102 cm³/mol. The average molecular weight is 375 g/mol. The largest absolute Gasteiger partial charge is 0.466 e. The number of carbonyl (C=O) groups excluding carboxylic acids is 1. The monoisotopic (exact) mass is 374 g/mol. The standard InChI is InChI=1S/C19H19ClN2O2S/c1-12-7-8-15(24-12)9-10-18(23)22-19-21-13(2)17(25-19)11-14-5-3-4-6-16(14)20/h3-8H,9-11H2,1-2H3,(H,21,22,23). The van der Waals surface area contributed by atoms with Crippen molar-refractivity contribution in [3.05, 3.63) is 69.1 Å². The topological polar surface area (TPSA) is 55.1 Å². The normalized spacial score (nSPS) is 10.8. The molecule has 0 atom stereocenters. The Hall–Kier alpha value is -2.11. The smallest absolute Gasteiger partial charge is 0.226 e. The van der Waals surface area contributed by atoms with E-state index < -0.39 is 0 Å². The number of benzene rings is 1. The quantitative estimate of drug-likeness (QED) is 0.647. The molecule has 0 bridgehead atoms. The van der Waals surface area contributed by atoms with Gasteiger partial charge >= 0.3 is 0 Å². The molecule has 0 unspecified atom stereocenters. The SMILES string of the molecule is Cc1ccc(CCC(=O)Nc2nc(C)c(Cc3ccccc3Cl)s2)o1. The lowest BCUT2D eigenvalue weighted by atomic mass is 10.1. The van der Waals surface area contributed by atoms with E-state index in [0.717, 1.165) is 32.7 Å². The van der Waals surface area contributed by atoms with Crippen molar-refractivity contribution in [1.29, 1.82) is 0 Å². The molecule has 0 saturated carbocycles. The Balaban J connectivity index is 1.60. The number of thiazole rings is 1. The van der Waals surface area contributed by atoms with E-state index >= 15 is 0 Å². The van der Waals surface area contributed by atoms with E-state index in [1.54, 1.807) is 0 Å². The van der Waals surface area contributed by atoms with Gasteiger partial charge in [0.1, 0.15) is 11.5 Å². The summed E-state index contributed by atoms with van der Waals surface area (Å²) in [5.74, 6) is 1.62. The number of carbonyl (C=O) groups is 1. The number of rotatable bonds is 6. The van der Waals surface area contributed by atoms with Crippen LogP contribution in [0.5, 0.6) is 0 Å². The van der Waals surface area contributed by atoms with Gasteiger partial charge in [0.2, 0.25) is 5.91 Å². The molecule has 4 nitrogen and oxygen atoms in total. The van der Waals surface area contributed by atoms with Gasteiger partial charge in [-0.3, -0.25) is 4.79 Å². The molecule has 25 heavy (non-hydrogen) atoms. The van der Waals surface area contributed by atoms with Gasteiger partial charge in [0.25, 0.3) is 0 Å². The first-order chi connectivity index (χ1) is 12.0. The second-order valence-corrected chi connectivity index (χ2v) is 7.35. The first-order valence-corrected chi connectivity index (χ1v) is 9.25. The molecule has 3 rings (SSSR count). The molecule has 0 aliphatic carbocycles. The zero-order valence-electron chi connectivity index (χ0n) is 14.1. The number of furan rings is 1. The van der Waals surface area contributed by atoms with Crippen LogP contribution in [0.2, 0.25) is 5.02 Å². The third-order valence-corrected chi connectivity index (χ3v) is 5.28. The van der Waals surface area contributed by atoms with Gasteiger partial charge in [-0.2, -0.15) is 0 Å². The van der Waals surface area contributed by atoms with Crippen LogP contribution in [0.25, 0.3) is 0 Å². The maximum Gasteiger partial charge on any atom is 0.226 e. The van der Waals surface area contributed by atoms with Gasteiger partial charge in [-0.1, -0.05) is 29.8 Å². The highest BCUT2D eigenvalue weighted by atomic mass is 35.5. The summed E-state index contributed by atoms with van der Waals surface area (Å²) in [7, 11) is 0. The Labute approximate surface area is 155 Å². The summed E-state index contributed by atoms with van der Waals surface area (Å²) in [4.78, 5) is 17.7. The van der Waals surface area contributed by atoms with E-state index in [0.29, 0.717) is 24.4 Å². The Morgan fingerprint density at radius 1 is 1.24 bits per heavy atom. The summed E-state index contributed by atoms with van der Waals surface area (Å²) in [6.45, 7) is 3.84. The summed E-state index contributed by atoms with van der Waals surface area (Å²) in [5, 5.41) is 4.24. The molecule has 0 fully saturated rings. The fourth-order valence-corrected chi connectivity index (χ4v) is 3.70. The molecule has 0 radical (unpaired) electrons. The molecule has 0 aliphatic rings. The first-order valence-electron chi connectivity index (χ1n) is 8.06.